The third kappa shape index (κ3) is 7.24. The highest BCUT2D eigenvalue weighted by Crippen LogP contribution is 2.36. The van der Waals surface area contributed by atoms with E-state index in [-0.39, 0.29) is 23.9 Å². The molecule has 3 unspecified atom stereocenters. The number of aliphatic hydroxyl groups excluding tert-OH is 1. The normalized spacial score (nSPS) is 16.3. The van der Waals surface area contributed by atoms with Gasteiger partial charge in [0.25, 0.3) is 5.91 Å². The molecule has 0 aromatic rings. The van der Waals surface area contributed by atoms with Crippen molar-refractivity contribution in [3.63, 3.8) is 0 Å². The standard InChI is InChI=1S/C19H35NO5/c1-11(2)9-12(15(22)17(24)20-25)14(21)10-13(18(3,4)5)16(23)19(6,7)8/h11-13,15,22,25H,9-10H2,1-8H3,(H,20,24). The maximum Gasteiger partial charge on any atom is 0.272 e. The van der Waals surface area contributed by atoms with Crippen molar-refractivity contribution >= 4 is 17.5 Å². The molecular formula is C19H35NO5. The molecule has 0 aromatic carbocycles. The maximum absolute atomic E-state index is 12.9. The molecule has 0 aliphatic rings. The number of nitrogens with one attached hydrogen (secondary N) is 1. The molecule has 0 aliphatic carbocycles. The van der Waals surface area contributed by atoms with Gasteiger partial charge in [-0.15, -0.1) is 0 Å². The van der Waals surface area contributed by atoms with Crippen LogP contribution < -0.4 is 5.48 Å². The zero-order valence-electron chi connectivity index (χ0n) is 16.8. The molecule has 6 heteroatoms. The second kappa shape index (κ2) is 8.90. The van der Waals surface area contributed by atoms with E-state index in [0.717, 1.165) is 0 Å². The van der Waals surface area contributed by atoms with Crippen molar-refractivity contribution < 1.29 is 24.7 Å². The molecule has 3 N–H and O–H groups in total. The van der Waals surface area contributed by atoms with Crippen LogP contribution >= 0.6 is 0 Å². The van der Waals surface area contributed by atoms with Gasteiger partial charge in [-0.3, -0.25) is 19.6 Å². The summed E-state index contributed by atoms with van der Waals surface area (Å²) in [6.45, 7) is 14.9. The molecule has 0 bridgehead atoms. The number of hydrogen-bond acceptors (Lipinski definition) is 5. The lowest BCUT2D eigenvalue weighted by Gasteiger charge is -2.35. The highest BCUT2D eigenvalue weighted by atomic mass is 16.5. The number of hydrogen-bond donors (Lipinski definition) is 3. The summed E-state index contributed by atoms with van der Waals surface area (Å²) in [7, 11) is 0. The Labute approximate surface area is 151 Å². The van der Waals surface area contributed by atoms with Crippen molar-refractivity contribution in [2.24, 2.45) is 28.6 Å². The lowest BCUT2D eigenvalue weighted by atomic mass is 9.68. The molecule has 0 heterocycles. The van der Waals surface area contributed by atoms with E-state index in [2.05, 4.69) is 0 Å². The van der Waals surface area contributed by atoms with Gasteiger partial charge in [0.15, 0.2) is 0 Å². The number of rotatable bonds is 8. The first kappa shape index (κ1) is 23.7. The number of hydroxylamine groups is 1. The fourth-order valence-corrected chi connectivity index (χ4v) is 2.86. The first-order valence-corrected chi connectivity index (χ1v) is 8.82. The van der Waals surface area contributed by atoms with Crippen LogP contribution in [-0.4, -0.2) is 33.9 Å². The average molecular weight is 357 g/mol. The fourth-order valence-electron chi connectivity index (χ4n) is 2.86. The monoisotopic (exact) mass is 357 g/mol. The van der Waals surface area contributed by atoms with Crippen LogP contribution in [0.25, 0.3) is 0 Å². The minimum absolute atomic E-state index is 0.0160. The molecule has 0 saturated carbocycles. The van der Waals surface area contributed by atoms with Crippen molar-refractivity contribution in [3.05, 3.63) is 0 Å². The molecule has 25 heavy (non-hydrogen) atoms. The van der Waals surface area contributed by atoms with Gasteiger partial charge in [0, 0.05) is 17.8 Å². The van der Waals surface area contributed by atoms with Gasteiger partial charge < -0.3 is 5.11 Å². The minimum atomic E-state index is -1.63. The van der Waals surface area contributed by atoms with Crippen LogP contribution in [0.3, 0.4) is 0 Å². The molecule has 0 aromatic heterocycles. The predicted molar refractivity (Wildman–Crippen MR) is 95.9 cm³/mol. The third-order valence-electron chi connectivity index (χ3n) is 4.41. The average Bonchev–Trinajstić information content (AvgIpc) is 2.45. The van der Waals surface area contributed by atoms with Crippen molar-refractivity contribution in [1.82, 2.24) is 5.48 Å². The van der Waals surface area contributed by atoms with E-state index in [0.29, 0.717) is 6.42 Å². The van der Waals surface area contributed by atoms with Crippen LogP contribution in [0.1, 0.15) is 68.2 Å². The Hall–Kier alpha value is -1.27. The largest absolute Gasteiger partial charge is 0.382 e. The molecule has 3 atom stereocenters. The number of amides is 1. The third-order valence-corrected chi connectivity index (χ3v) is 4.41. The number of Topliss-reactive ketones (excluding diaryl/α,β-unsaturated/α-hetero) is 2. The quantitative estimate of drug-likeness (QED) is 0.458. The van der Waals surface area contributed by atoms with E-state index in [1.54, 1.807) is 0 Å². The first-order valence-electron chi connectivity index (χ1n) is 8.82. The van der Waals surface area contributed by atoms with Crippen molar-refractivity contribution in [2.45, 2.75) is 74.3 Å². The molecule has 0 saturated heterocycles. The van der Waals surface area contributed by atoms with Crippen molar-refractivity contribution in [3.8, 4) is 0 Å². The van der Waals surface area contributed by atoms with Crippen LogP contribution in [0.5, 0.6) is 0 Å². The van der Waals surface area contributed by atoms with E-state index in [1.165, 1.54) is 5.48 Å². The fraction of sp³-hybridized carbons (Fsp3) is 0.842. The van der Waals surface area contributed by atoms with Crippen LogP contribution in [-0.2, 0) is 14.4 Å². The van der Waals surface area contributed by atoms with Gasteiger partial charge in [-0.05, 0) is 17.8 Å². The molecule has 0 rings (SSSR count). The SMILES string of the molecule is CC(C)CC(C(=O)CC(C(=O)C(C)(C)C)C(C)(C)C)C(O)C(=O)NO. The van der Waals surface area contributed by atoms with Crippen LogP contribution in [0, 0.1) is 28.6 Å². The summed E-state index contributed by atoms with van der Waals surface area (Å²) in [5.41, 5.74) is 0.381. The van der Waals surface area contributed by atoms with Gasteiger partial charge in [-0.2, -0.15) is 0 Å². The Morgan fingerprint density at radius 2 is 1.48 bits per heavy atom. The lowest BCUT2D eigenvalue weighted by Crippen LogP contribution is -2.44. The number of ketones is 2. The number of aliphatic hydroxyl groups is 1. The number of carbonyl (C=O) groups excluding carboxylic acids is 3. The summed E-state index contributed by atoms with van der Waals surface area (Å²) >= 11 is 0. The summed E-state index contributed by atoms with van der Waals surface area (Å²) in [5, 5.41) is 18.9. The molecule has 0 spiro atoms. The van der Waals surface area contributed by atoms with E-state index >= 15 is 0 Å². The molecule has 6 nitrogen and oxygen atoms in total. The van der Waals surface area contributed by atoms with Gasteiger partial charge in [0.05, 0.1) is 5.92 Å². The molecular weight excluding hydrogens is 322 g/mol. The Balaban J connectivity index is 5.59. The second-order valence-electron chi connectivity index (χ2n) is 9.36. The first-order chi connectivity index (χ1) is 11.1. The maximum atomic E-state index is 12.9. The Morgan fingerprint density at radius 3 is 1.80 bits per heavy atom. The zero-order chi connectivity index (χ0) is 20.2. The second-order valence-corrected chi connectivity index (χ2v) is 9.36. The van der Waals surface area contributed by atoms with E-state index in [1.807, 2.05) is 55.4 Å². The van der Waals surface area contributed by atoms with Gasteiger partial charge in [-0.1, -0.05) is 55.4 Å². The van der Waals surface area contributed by atoms with Gasteiger partial charge in [-0.25, -0.2) is 5.48 Å². The van der Waals surface area contributed by atoms with Crippen LogP contribution in [0.15, 0.2) is 0 Å². The van der Waals surface area contributed by atoms with Gasteiger partial charge >= 0.3 is 0 Å². The van der Waals surface area contributed by atoms with Gasteiger partial charge in [0.2, 0.25) is 0 Å². The summed E-state index contributed by atoms with van der Waals surface area (Å²) in [6.07, 6.45) is -1.37. The Morgan fingerprint density at radius 1 is 1.00 bits per heavy atom. The summed E-state index contributed by atoms with van der Waals surface area (Å²) in [4.78, 5) is 37.3. The topological polar surface area (TPSA) is 104 Å². The van der Waals surface area contributed by atoms with Crippen molar-refractivity contribution in [2.75, 3.05) is 0 Å². The Kier molecular flexibility index (Phi) is 8.45. The van der Waals surface area contributed by atoms with Crippen LogP contribution in [0.4, 0.5) is 0 Å². The highest BCUT2D eigenvalue weighted by Gasteiger charge is 2.41. The van der Waals surface area contributed by atoms with Crippen LogP contribution in [0.2, 0.25) is 0 Å². The molecule has 0 aliphatic heterocycles. The minimum Gasteiger partial charge on any atom is -0.382 e. The molecule has 0 radical (unpaired) electrons. The lowest BCUT2D eigenvalue weighted by molar-refractivity contribution is -0.147. The molecule has 1 amide bonds. The Bertz CT molecular complexity index is 485. The summed E-state index contributed by atoms with van der Waals surface area (Å²) in [6, 6.07) is 0. The number of carbonyl (C=O) groups is 3. The van der Waals surface area contributed by atoms with E-state index in [4.69, 9.17) is 5.21 Å². The molecule has 0 fully saturated rings. The summed E-state index contributed by atoms with van der Waals surface area (Å²) in [5.74, 6) is -2.75. The smallest absolute Gasteiger partial charge is 0.272 e. The zero-order valence-corrected chi connectivity index (χ0v) is 16.8. The van der Waals surface area contributed by atoms with Gasteiger partial charge in [0.1, 0.15) is 17.7 Å². The van der Waals surface area contributed by atoms with Crippen molar-refractivity contribution in [1.29, 1.82) is 0 Å². The molecule has 146 valence electrons. The van der Waals surface area contributed by atoms with E-state index < -0.39 is 34.7 Å². The predicted octanol–water partition coefficient (Wildman–Crippen LogP) is 2.75. The summed E-state index contributed by atoms with van der Waals surface area (Å²) < 4.78 is 0. The highest BCUT2D eigenvalue weighted by molar-refractivity contribution is 5.94. The van der Waals surface area contributed by atoms with E-state index in [9.17, 15) is 19.5 Å².